The van der Waals surface area contributed by atoms with Crippen LogP contribution in [0.2, 0.25) is 0 Å². The molecule has 3 heterocycles. The Bertz CT molecular complexity index is 964. The summed E-state index contributed by atoms with van der Waals surface area (Å²) in [7, 11) is 0. The zero-order chi connectivity index (χ0) is 19.5. The van der Waals surface area contributed by atoms with E-state index in [2.05, 4.69) is 39.8 Å². The molecule has 0 N–H and O–H groups in total. The molecule has 3 aromatic rings. The number of benzene rings is 1. The van der Waals surface area contributed by atoms with Crippen molar-refractivity contribution < 1.29 is 4.79 Å². The highest BCUT2D eigenvalue weighted by Gasteiger charge is 2.29. The quantitative estimate of drug-likeness (QED) is 0.684. The highest BCUT2D eigenvalue weighted by Crippen LogP contribution is 2.24. The first-order valence-corrected chi connectivity index (χ1v) is 9.85. The number of aromatic nitrogens is 3. The molecule has 0 bridgehead atoms. The van der Waals surface area contributed by atoms with Crippen LogP contribution < -0.4 is 0 Å². The Kier molecular flexibility index (Phi) is 5.24. The number of aryl methyl sites for hydroxylation is 3. The third kappa shape index (κ3) is 3.98. The van der Waals surface area contributed by atoms with Crippen molar-refractivity contribution in [3.8, 4) is 0 Å². The summed E-state index contributed by atoms with van der Waals surface area (Å²) in [6, 6.07) is 12.2. The third-order valence-electron chi connectivity index (χ3n) is 5.51. The maximum Gasteiger partial charge on any atom is 0.226 e. The molecule has 4 rings (SSSR count). The van der Waals surface area contributed by atoms with Crippen LogP contribution in [0.4, 0.5) is 0 Å². The van der Waals surface area contributed by atoms with E-state index in [1.54, 1.807) is 6.20 Å². The number of rotatable bonds is 5. The molecule has 1 aliphatic heterocycles. The Hall–Kier alpha value is -2.95. The number of hydrogen-bond acceptors (Lipinski definition) is 3. The first-order chi connectivity index (χ1) is 13.6. The van der Waals surface area contributed by atoms with Gasteiger partial charge < -0.3 is 9.47 Å². The molecule has 0 saturated heterocycles. The van der Waals surface area contributed by atoms with Crippen molar-refractivity contribution in [2.75, 3.05) is 0 Å². The Morgan fingerprint density at radius 2 is 2.04 bits per heavy atom. The maximum absolute atomic E-state index is 13.5. The molecule has 1 aliphatic rings. The SMILES string of the molecule is Cc1cn2c(n1)CC(C(=O)N(Cc1cccnc1)Cc1ccccc1C)CC2. The van der Waals surface area contributed by atoms with Gasteiger partial charge >= 0.3 is 0 Å². The number of carbonyl (C=O) groups excluding carboxylic acids is 1. The molecule has 5 nitrogen and oxygen atoms in total. The molecule has 1 unspecified atom stereocenters. The lowest BCUT2D eigenvalue weighted by Gasteiger charge is -2.30. The van der Waals surface area contributed by atoms with Gasteiger partial charge in [0, 0.05) is 50.6 Å². The van der Waals surface area contributed by atoms with Crippen molar-refractivity contribution in [3.05, 3.63) is 83.2 Å². The van der Waals surface area contributed by atoms with Crippen LogP contribution in [0, 0.1) is 19.8 Å². The molecule has 1 aromatic carbocycles. The van der Waals surface area contributed by atoms with Crippen LogP contribution in [-0.4, -0.2) is 25.3 Å². The normalized spacial score (nSPS) is 15.9. The summed E-state index contributed by atoms with van der Waals surface area (Å²) in [5.41, 5.74) is 4.47. The second kappa shape index (κ2) is 7.97. The van der Waals surface area contributed by atoms with Crippen LogP contribution in [-0.2, 0) is 30.8 Å². The molecule has 0 fully saturated rings. The van der Waals surface area contributed by atoms with Gasteiger partial charge in [-0.3, -0.25) is 9.78 Å². The van der Waals surface area contributed by atoms with Crippen LogP contribution in [0.5, 0.6) is 0 Å². The number of fused-ring (bicyclic) bond motifs is 1. The van der Waals surface area contributed by atoms with E-state index < -0.39 is 0 Å². The van der Waals surface area contributed by atoms with Crippen LogP contribution in [0.25, 0.3) is 0 Å². The predicted molar refractivity (Wildman–Crippen MR) is 108 cm³/mol. The minimum Gasteiger partial charge on any atom is -0.335 e. The zero-order valence-corrected chi connectivity index (χ0v) is 16.5. The van der Waals surface area contributed by atoms with E-state index in [0.29, 0.717) is 19.5 Å². The van der Waals surface area contributed by atoms with Gasteiger partial charge in [0.05, 0.1) is 5.69 Å². The lowest BCUT2D eigenvalue weighted by Crippen LogP contribution is -2.38. The van der Waals surface area contributed by atoms with E-state index in [-0.39, 0.29) is 11.8 Å². The first-order valence-electron chi connectivity index (χ1n) is 9.85. The smallest absolute Gasteiger partial charge is 0.226 e. The van der Waals surface area contributed by atoms with Gasteiger partial charge in [-0.05, 0) is 43.0 Å². The van der Waals surface area contributed by atoms with Crippen LogP contribution in [0.1, 0.15) is 34.6 Å². The van der Waals surface area contributed by atoms with Gasteiger partial charge in [0.1, 0.15) is 5.82 Å². The summed E-state index contributed by atoms with van der Waals surface area (Å²) < 4.78 is 2.19. The molecule has 0 saturated carbocycles. The van der Waals surface area contributed by atoms with Gasteiger partial charge in [-0.15, -0.1) is 0 Å². The van der Waals surface area contributed by atoms with Crippen molar-refractivity contribution in [3.63, 3.8) is 0 Å². The van der Waals surface area contributed by atoms with Crippen LogP contribution >= 0.6 is 0 Å². The van der Waals surface area contributed by atoms with Crippen molar-refractivity contribution in [2.24, 2.45) is 5.92 Å². The van der Waals surface area contributed by atoms with E-state index >= 15 is 0 Å². The Balaban J connectivity index is 1.57. The molecule has 144 valence electrons. The molecule has 28 heavy (non-hydrogen) atoms. The fraction of sp³-hybridized carbons (Fsp3) is 0.348. The summed E-state index contributed by atoms with van der Waals surface area (Å²) in [6.07, 6.45) is 7.26. The van der Waals surface area contributed by atoms with Gasteiger partial charge in [0.25, 0.3) is 0 Å². The van der Waals surface area contributed by atoms with Crippen LogP contribution in [0.3, 0.4) is 0 Å². The number of hydrogen-bond donors (Lipinski definition) is 0. The molecule has 1 amide bonds. The highest BCUT2D eigenvalue weighted by molar-refractivity contribution is 5.79. The van der Waals surface area contributed by atoms with Gasteiger partial charge in [-0.25, -0.2) is 4.98 Å². The highest BCUT2D eigenvalue weighted by atomic mass is 16.2. The van der Waals surface area contributed by atoms with Gasteiger partial charge in [0.2, 0.25) is 5.91 Å². The topological polar surface area (TPSA) is 51.0 Å². The minimum atomic E-state index is -0.0185. The maximum atomic E-state index is 13.5. The van der Waals surface area contributed by atoms with Crippen molar-refractivity contribution in [2.45, 2.75) is 46.3 Å². The minimum absolute atomic E-state index is 0.0185. The number of amides is 1. The summed E-state index contributed by atoms with van der Waals surface area (Å²) in [6.45, 7) is 6.16. The molecular formula is C23H26N4O. The van der Waals surface area contributed by atoms with E-state index in [1.807, 2.05) is 42.3 Å². The fourth-order valence-electron chi connectivity index (χ4n) is 3.96. The number of pyridine rings is 1. The molecule has 0 radical (unpaired) electrons. The number of imidazole rings is 1. The van der Waals surface area contributed by atoms with E-state index in [0.717, 1.165) is 30.0 Å². The van der Waals surface area contributed by atoms with Crippen molar-refractivity contribution >= 4 is 5.91 Å². The number of nitrogens with zero attached hydrogens (tertiary/aromatic N) is 4. The second-order valence-electron chi connectivity index (χ2n) is 7.66. The van der Waals surface area contributed by atoms with Gasteiger partial charge in [0.15, 0.2) is 0 Å². The van der Waals surface area contributed by atoms with E-state index in [9.17, 15) is 4.79 Å². The van der Waals surface area contributed by atoms with Crippen LogP contribution in [0.15, 0.2) is 55.0 Å². The molecule has 0 aliphatic carbocycles. The van der Waals surface area contributed by atoms with Gasteiger partial charge in [-0.2, -0.15) is 0 Å². The lowest BCUT2D eigenvalue weighted by atomic mass is 9.95. The van der Waals surface area contributed by atoms with Crippen molar-refractivity contribution in [1.29, 1.82) is 0 Å². The second-order valence-corrected chi connectivity index (χ2v) is 7.66. The Morgan fingerprint density at radius 3 is 2.82 bits per heavy atom. The predicted octanol–water partition coefficient (Wildman–Crippen LogP) is 3.69. The molecule has 2 aromatic heterocycles. The molecule has 1 atom stereocenters. The average Bonchev–Trinajstić information content (AvgIpc) is 3.08. The summed E-state index contributed by atoms with van der Waals surface area (Å²) in [4.78, 5) is 24.3. The molecule has 0 spiro atoms. The first kappa shape index (κ1) is 18.4. The largest absolute Gasteiger partial charge is 0.335 e. The van der Waals surface area contributed by atoms with Gasteiger partial charge in [-0.1, -0.05) is 30.3 Å². The monoisotopic (exact) mass is 374 g/mol. The van der Waals surface area contributed by atoms with E-state index in [4.69, 9.17) is 0 Å². The summed E-state index contributed by atoms with van der Waals surface area (Å²) >= 11 is 0. The molecule has 5 heteroatoms. The number of carbonyl (C=O) groups is 1. The third-order valence-corrected chi connectivity index (χ3v) is 5.51. The standard InChI is InChI=1S/C23H26N4O/c1-17-6-3-4-8-21(17)16-27(15-19-7-5-10-24-13-19)23(28)20-9-11-26-14-18(2)25-22(26)12-20/h3-8,10,13-14,20H,9,11-12,15-16H2,1-2H3. The fourth-order valence-corrected chi connectivity index (χ4v) is 3.96. The Labute approximate surface area is 166 Å². The lowest BCUT2D eigenvalue weighted by molar-refractivity contribution is -0.137. The average molecular weight is 374 g/mol. The molecular weight excluding hydrogens is 348 g/mol. The summed E-state index contributed by atoms with van der Waals surface area (Å²) in [5.74, 6) is 1.22. The zero-order valence-electron chi connectivity index (χ0n) is 16.5. The Morgan fingerprint density at radius 1 is 1.18 bits per heavy atom. The van der Waals surface area contributed by atoms with E-state index in [1.165, 1.54) is 11.1 Å². The van der Waals surface area contributed by atoms with Crippen molar-refractivity contribution in [1.82, 2.24) is 19.4 Å². The summed E-state index contributed by atoms with van der Waals surface area (Å²) in [5, 5.41) is 0.